The normalized spacial score (nSPS) is 13.4. The van der Waals surface area contributed by atoms with Crippen molar-refractivity contribution in [2.24, 2.45) is 0 Å². The number of unbranched alkanes of at least 4 members (excludes halogenated alkanes) is 1. The zero-order chi connectivity index (χ0) is 12.6. The standard InChI is InChI=1S/C10H22N2O3S/c1-4-5-6-12-10(13)9(2)11-7-8-16(3,14)15/h9,11H,4-8H2,1-3H3,(H,12,13). The Kier molecular flexibility index (Phi) is 7.33. The second-order valence-corrected chi connectivity index (χ2v) is 6.21. The summed E-state index contributed by atoms with van der Waals surface area (Å²) in [5, 5.41) is 5.65. The molecule has 0 bridgehead atoms. The van der Waals surface area contributed by atoms with Crippen molar-refractivity contribution >= 4 is 15.7 Å². The highest BCUT2D eigenvalue weighted by molar-refractivity contribution is 7.90. The van der Waals surface area contributed by atoms with Gasteiger partial charge in [0.15, 0.2) is 0 Å². The van der Waals surface area contributed by atoms with Crippen LogP contribution < -0.4 is 10.6 Å². The molecule has 1 atom stereocenters. The van der Waals surface area contributed by atoms with E-state index in [1.807, 2.05) is 0 Å². The van der Waals surface area contributed by atoms with Crippen molar-refractivity contribution in [3.8, 4) is 0 Å². The zero-order valence-electron chi connectivity index (χ0n) is 10.2. The van der Waals surface area contributed by atoms with Crippen LogP contribution in [0.5, 0.6) is 0 Å². The molecule has 0 radical (unpaired) electrons. The Balaban J connectivity index is 3.71. The molecule has 1 unspecified atom stereocenters. The Morgan fingerprint density at radius 2 is 1.94 bits per heavy atom. The molecule has 0 saturated carbocycles. The zero-order valence-corrected chi connectivity index (χ0v) is 11.1. The summed E-state index contributed by atoms with van der Waals surface area (Å²) in [7, 11) is -2.96. The van der Waals surface area contributed by atoms with Gasteiger partial charge in [-0.05, 0) is 13.3 Å². The lowest BCUT2D eigenvalue weighted by Crippen LogP contribution is -2.43. The van der Waals surface area contributed by atoms with E-state index >= 15 is 0 Å². The van der Waals surface area contributed by atoms with Gasteiger partial charge in [-0.2, -0.15) is 0 Å². The minimum atomic E-state index is -2.96. The molecule has 0 fully saturated rings. The largest absolute Gasteiger partial charge is 0.355 e. The molecule has 0 spiro atoms. The molecule has 1 amide bonds. The molecule has 0 aromatic heterocycles. The Labute approximate surface area is 97.9 Å². The minimum Gasteiger partial charge on any atom is -0.355 e. The van der Waals surface area contributed by atoms with E-state index in [4.69, 9.17) is 0 Å². The molecule has 16 heavy (non-hydrogen) atoms. The highest BCUT2D eigenvalue weighted by atomic mass is 32.2. The quantitative estimate of drug-likeness (QED) is 0.591. The summed E-state index contributed by atoms with van der Waals surface area (Å²) < 4.78 is 21.7. The topological polar surface area (TPSA) is 75.3 Å². The van der Waals surface area contributed by atoms with Crippen LogP contribution in [0.15, 0.2) is 0 Å². The molecule has 0 rings (SSSR count). The van der Waals surface area contributed by atoms with Gasteiger partial charge in [-0.3, -0.25) is 4.79 Å². The number of rotatable bonds is 8. The number of hydrogen-bond donors (Lipinski definition) is 2. The minimum absolute atomic E-state index is 0.0551. The first-order valence-electron chi connectivity index (χ1n) is 5.55. The van der Waals surface area contributed by atoms with Gasteiger partial charge in [0.1, 0.15) is 9.84 Å². The Hall–Kier alpha value is -0.620. The second kappa shape index (κ2) is 7.62. The average molecular weight is 250 g/mol. The van der Waals surface area contributed by atoms with Gasteiger partial charge in [0, 0.05) is 19.3 Å². The summed E-state index contributed by atoms with van der Waals surface area (Å²) in [4.78, 5) is 11.5. The van der Waals surface area contributed by atoms with Crippen LogP contribution in [0.2, 0.25) is 0 Å². The summed E-state index contributed by atoms with van der Waals surface area (Å²) in [5.41, 5.74) is 0. The predicted octanol–water partition coefficient (Wildman–Crippen LogP) is -0.0746. The highest BCUT2D eigenvalue weighted by Gasteiger charge is 2.11. The maximum absolute atomic E-state index is 11.5. The van der Waals surface area contributed by atoms with Crippen LogP contribution in [0.1, 0.15) is 26.7 Å². The number of amides is 1. The van der Waals surface area contributed by atoms with Gasteiger partial charge >= 0.3 is 0 Å². The van der Waals surface area contributed by atoms with E-state index in [0.29, 0.717) is 13.1 Å². The summed E-state index contributed by atoms with van der Waals surface area (Å²) in [6.07, 6.45) is 3.18. The van der Waals surface area contributed by atoms with Gasteiger partial charge in [0.25, 0.3) is 0 Å². The number of nitrogens with one attached hydrogen (secondary N) is 2. The molecule has 5 nitrogen and oxygen atoms in total. The first-order valence-corrected chi connectivity index (χ1v) is 7.61. The summed E-state index contributed by atoms with van der Waals surface area (Å²) in [6, 6.07) is -0.349. The molecular formula is C10H22N2O3S. The van der Waals surface area contributed by atoms with E-state index in [1.54, 1.807) is 6.92 Å². The number of carbonyl (C=O) groups excluding carboxylic acids is 1. The van der Waals surface area contributed by atoms with E-state index in [0.717, 1.165) is 12.8 Å². The van der Waals surface area contributed by atoms with Crippen molar-refractivity contribution in [3.05, 3.63) is 0 Å². The van der Waals surface area contributed by atoms with Gasteiger partial charge in [0.05, 0.1) is 11.8 Å². The van der Waals surface area contributed by atoms with Crippen LogP contribution >= 0.6 is 0 Å². The van der Waals surface area contributed by atoms with Crippen LogP contribution in [0.4, 0.5) is 0 Å². The van der Waals surface area contributed by atoms with Crippen LogP contribution in [0, 0.1) is 0 Å². The van der Waals surface area contributed by atoms with E-state index in [9.17, 15) is 13.2 Å². The molecular weight excluding hydrogens is 228 g/mol. The van der Waals surface area contributed by atoms with Gasteiger partial charge in [-0.25, -0.2) is 8.42 Å². The lowest BCUT2D eigenvalue weighted by atomic mass is 10.3. The molecule has 0 aliphatic heterocycles. The van der Waals surface area contributed by atoms with Crippen molar-refractivity contribution in [2.75, 3.05) is 25.1 Å². The Morgan fingerprint density at radius 3 is 2.44 bits per heavy atom. The van der Waals surface area contributed by atoms with E-state index < -0.39 is 9.84 Å². The van der Waals surface area contributed by atoms with Crippen LogP contribution in [-0.4, -0.2) is 45.5 Å². The molecule has 6 heteroatoms. The van der Waals surface area contributed by atoms with Gasteiger partial charge in [-0.1, -0.05) is 13.3 Å². The van der Waals surface area contributed by atoms with Crippen molar-refractivity contribution in [1.29, 1.82) is 0 Å². The molecule has 0 saturated heterocycles. The third kappa shape index (κ3) is 8.67. The van der Waals surface area contributed by atoms with Crippen molar-refractivity contribution in [1.82, 2.24) is 10.6 Å². The second-order valence-electron chi connectivity index (χ2n) is 3.95. The first kappa shape index (κ1) is 15.4. The fourth-order valence-electron chi connectivity index (χ4n) is 1.09. The number of sulfone groups is 1. The molecule has 0 heterocycles. The molecule has 96 valence electrons. The smallest absolute Gasteiger partial charge is 0.236 e. The summed E-state index contributed by atoms with van der Waals surface area (Å²) in [5.74, 6) is -0.0264. The SMILES string of the molecule is CCCCNC(=O)C(C)NCCS(C)(=O)=O. The third-order valence-corrected chi connectivity index (χ3v) is 3.09. The van der Waals surface area contributed by atoms with Crippen molar-refractivity contribution in [3.63, 3.8) is 0 Å². The highest BCUT2D eigenvalue weighted by Crippen LogP contribution is 1.87. The fraction of sp³-hybridized carbons (Fsp3) is 0.900. The average Bonchev–Trinajstić information content (AvgIpc) is 2.15. The Bertz CT molecular complexity index is 301. The van der Waals surface area contributed by atoms with Gasteiger partial charge in [0.2, 0.25) is 5.91 Å². The number of carbonyl (C=O) groups is 1. The first-order chi connectivity index (χ1) is 7.37. The van der Waals surface area contributed by atoms with Crippen LogP contribution in [0.25, 0.3) is 0 Å². The monoisotopic (exact) mass is 250 g/mol. The van der Waals surface area contributed by atoms with Gasteiger partial charge < -0.3 is 10.6 Å². The van der Waals surface area contributed by atoms with E-state index in [1.165, 1.54) is 6.26 Å². The van der Waals surface area contributed by atoms with Crippen molar-refractivity contribution in [2.45, 2.75) is 32.7 Å². The molecule has 0 aromatic carbocycles. The maximum atomic E-state index is 11.5. The molecule has 2 N–H and O–H groups in total. The van der Waals surface area contributed by atoms with Gasteiger partial charge in [-0.15, -0.1) is 0 Å². The summed E-state index contributed by atoms with van der Waals surface area (Å²) in [6.45, 7) is 4.76. The predicted molar refractivity (Wildman–Crippen MR) is 65.1 cm³/mol. The summed E-state index contributed by atoms with van der Waals surface area (Å²) >= 11 is 0. The lowest BCUT2D eigenvalue weighted by Gasteiger charge is -2.13. The third-order valence-electron chi connectivity index (χ3n) is 2.15. The van der Waals surface area contributed by atoms with E-state index in [-0.39, 0.29) is 17.7 Å². The molecule has 0 aliphatic rings. The van der Waals surface area contributed by atoms with Crippen LogP contribution in [-0.2, 0) is 14.6 Å². The van der Waals surface area contributed by atoms with E-state index in [2.05, 4.69) is 17.6 Å². The Morgan fingerprint density at radius 1 is 1.31 bits per heavy atom. The van der Waals surface area contributed by atoms with Crippen LogP contribution in [0.3, 0.4) is 0 Å². The molecule has 0 aromatic rings. The number of hydrogen-bond acceptors (Lipinski definition) is 4. The molecule has 0 aliphatic carbocycles. The fourth-order valence-corrected chi connectivity index (χ4v) is 1.58. The lowest BCUT2D eigenvalue weighted by molar-refractivity contribution is -0.122. The maximum Gasteiger partial charge on any atom is 0.236 e. The van der Waals surface area contributed by atoms with Crippen molar-refractivity contribution < 1.29 is 13.2 Å².